The molecule has 0 unspecified atom stereocenters. The van der Waals surface area contributed by atoms with Crippen LogP contribution in [0.15, 0.2) is 29.0 Å². The Kier molecular flexibility index (Phi) is 11.2. The molecule has 0 heterocycles. The van der Waals surface area contributed by atoms with Crippen molar-refractivity contribution in [1.29, 1.82) is 0 Å². The molecule has 164 valence electrons. The summed E-state index contributed by atoms with van der Waals surface area (Å²) < 4.78 is 0. The average molecular weight is 407 g/mol. The molecule has 1 fully saturated rings. The van der Waals surface area contributed by atoms with Crippen LogP contribution < -0.4 is 0 Å². The van der Waals surface area contributed by atoms with E-state index in [1.807, 2.05) is 13.8 Å². The molecule has 5 nitrogen and oxygen atoms in total. The molecular formula is C24H38O5. The van der Waals surface area contributed by atoms with Gasteiger partial charge < -0.3 is 15.3 Å². The molecule has 0 aromatic heterocycles. The van der Waals surface area contributed by atoms with Gasteiger partial charge in [0, 0.05) is 18.8 Å². The maximum absolute atomic E-state index is 12.4. The van der Waals surface area contributed by atoms with Gasteiger partial charge in [0.05, 0.1) is 0 Å². The Morgan fingerprint density at radius 1 is 1.21 bits per heavy atom. The predicted octanol–water partition coefficient (Wildman–Crippen LogP) is 4.93. The van der Waals surface area contributed by atoms with Gasteiger partial charge in [-0.15, -0.1) is 5.73 Å². The van der Waals surface area contributed by atoms with Crippen molar-refractivity contribution in [3.63, 3.8) is 0 Å². The van der Waals surface area contributed by atoms with Gasteiger partial charge in [0.1, 0.15) is 5.78 Å². The summed E-state index contributed by atoms with van der Waals surface area (Å²) in [5.41, 5.74) is 4.58. The minimum Gasteiger partial charge on any atom is -0.477 e. The molecule has 1 aliphatic carbocycles. The fourth-order valence-electron chi connectivity index (χ4n) is 3.94. The number of ketones is 1. The number of rotatable bonds is 13. The molecule has 1 saturated carbocycles. The summed E-state index contributed by atoms with van der Waals surface area (Å²) in [6.45, 7) is 6.02. The highest BCUT2D eigenvalue weighted by Gasteiger charge is 2.34. The third kappa shape index (κ3) is 9.12. The monoisotopic (exact) mass is 406 g/mol. The van der Waals surface area contributed by atoms with Crippen molar-refractivity contribution in [1.82, 2.24) is 0 Å². The predicted molar refractivity (Wildman–Crippen MR) is 114 cm³/mol. The van der Waals surface area contributed by atoms with Crippen LogP contribution in [0.2, 0.25) is 0 Å². The first kappa shape index (κ1) is 25.4. The summed E-state index contributed by atoms with van der Waals surface area (Å²) in [4.78, 5) is 23.4. The number of carboxylic acid groups (broad SMARTS) is 1. The molecule has 0 amide bonds. The number of Topliss-reactive ketones (excluding diaryl/α,β-unsaturated/α-hetero) is 1. The molecule has 0 aliphatic heterocycles. The van der Waals surface area contributed by atoms with Gasteiger partial charge in [0.15, 0.2) is 0 Å². The SMILES string of the molecule is CCCCCCC=C[C@H]1CCC(=O)[C@@H]1CC(C)=C=C(CCC)CC(O)(O)C(=O)O. The van der Waals surface area contributed by atoms with Gasteiger partial charge in [-0.2, -0.15) is 0 Å². The van der Waals surface area contributed by atoms with Crippen LogP contribution >= 0.6 is 0 Å². The van der Waals surface area contributed by atoms with Crippen LogP contribution in [0.25, 0.3) is 0 Å². The number of allylic oxidation sites excluding steroid dienone is 2. The zero-order valence-electron chi connectivity index (χ0n) is 18.2. The van der Waals surface area contributed by atoms with Crippen LogP contribution in [-0.2, 0) is 9.59 Å². The van der Waals surface area contributed by atoms with Gasteiger partial charge in [-0.1, -0.05) is 51.7 Å². The van der Waals surface area contributed by atoms with Gasteiger partial charge >= 0.3 is 5.97 Å². The zero-order chi connectivity index (χ0) is 21.9. The lowest BCUT2D eigenvalue weighted by atomic mass is 9.88. The molecule has 0 saturated heterocycles. The van der Waals surface area contributed by atoms with E-state index in [0.29, 0.717) is 24.8 Å². The lowest BCUT2D eigenvalue weighted by Gasteiger charge is -2.18. The van der Waals surface area contributed by atoms with Crippen LogP contribution in [0.4, 0.5) is 0 Å². The molecule has 1 rings (SSSR count). The Balaban J connectivity index is 2.83. The van der Waals surface area contributed by atoms with Crippen molar-refractivity contribution in [2.75, 3.05) is 0 Å². The molecule has 0 bridgehead atoms. The number of hydrogen-bond donors (Lipinski definition) is 3. The number of aliphatic hydroxyl groups is 2. The molecule has 0 aromatic rings. The number of unbranched alkanes of at least 4 members (excludes halogenated alkanes) is 4. The second-order valence-corrected chi connectivity index (χ2v) is 8.31. The standard InChI is InChI=1S/C24H38O5/c1-4-6-7-8-9-10-12-20-13-14-22(25)21(20)16-18(3)15-19(11-5-2)17-24(28,29)23(26)27/h10,12,20-21,28-29H,4-9,11,13-14,16-17H2,1-3H3,(H,26,27)/t15?,20-,21+/m0/s1. The maximum Gasteiger partial charge on any atom is 0.364 e. The molecule has 0 radical (unpaired) electrons. The van der Waals surface area contributed by atoms with Gasteiger partial charge in [0.2, 0.25) is 0 Å². The largest absolute Gasteiger partial charge is 0.477 e. The van der Waals surface area contributed by atoms with Crippen molar-refractivity contribution < 1.29 is 24.9 Å². The molecule has 3 N–H and O–H groups in total. The van der Waals surface area contributed by atoms with E-state index in [4.69, 9.17) is 5.11 Å². The zero-order valence-corrected chi connectivity index (χ0v) is 18.2. The van der Waals surface area contributed by atoms with Gasteiger partial charge in [-0.3, -0.25) is 4.79 Å². The first-order valence-corrected chi connectivity index (χ1v) is 11.0. The van der Waals surface area contributed by atoms with Gasteiger partial charge in [-0.05, 0) is 56.1 Å². The summed E-state index contributed by atoms with van der Waals surface area (Å²) in [5, 5.41) is 28.3. The number of carbonyl (C=O) groups is 2. The minimum atomic E-state index is -2.79. The van der Waals surface area contributed by atoms with Crippen molar-refractivity contribution in [3.05, 3.63) is 29.0 Å². The summed E-state index contributed by atoms with van der Waals surface area (Å²) in [6, 6.07) is 0. The number of carbonyl (C=O) groups excluding carboxylic acids is 1. The molecule has 1 aliphatic rings. The maximum atomic E-state index is 12.4. The third-order valence-electron chi connectivity index (χ3n) is 5.53. The Bertz CT molecular complexity index is 638. The van der Waals surface area contributed by atoms with E-state index in [9.17, 15) is 19.8 Å². The van der Waals surface area contributed by atoms with E-state index in [1.54, 1.807) is 0 Å². The summed E-state index contributed by atoms with van der Waals surface area (Å²) in [5.74, 6) is -4.00. The summed E-state index contributed by atoms with van der Waals surface area (Å²) in [6.07, 6.45) is 13.3. The van der Waals surface area contributed by atoms with E-state index in [2.05, 4.69) is 24.8 Å². The van der Waals surface area contributed by atoms with Crippen LogP contribution in [-0.4, -0.2) is 32.9 Å². The quantitative estimate of drug-likeness (QED) is 0.175. The summed E-state index contributed by atoms with van der Waals surface area (Å²) in [7, 11) is 0. The Hall–Kier alpha value is -1.68. The first-order valence-electron chi connectivity index (χ1n) is 11.0. The van der Waals surface area contributed by atoms with E-state index < -0.39 is 11.8 Å². The van der Waals surface area contributed by atoms with Crippen molar-refractivity contribution in [2.24, 2.45) is 11.8 Å². The smallest absolute Gasteiger partial charge is 0.364 e. The summed E-state index contributed by atoms with van der Waals surface area (Å²) >= 11 is 0. The third-order valence-corrected chi connectivity index (χ3v) is 5.53. The van der Waals surface area contributed by atoms with Crippen molar-refractivity contribution in [2.45, 2.75) is 97.2 Å². The van der Waals surface area contributed by atoms with E-state index in [0.717, 1.165) is 24.8 Å². The van der Waals surface area contributed by atoms with E-state index in [1.165, 1.54) is 25.7 Å². The van der Waals surface area contributed by atoms with Gasteiger partial charge in [-0.25, -0.2) is 4.79 Å². The highest BCUT2D eigenvalue weighted by molar-refractivity contribution is 5.84. The van der Waals surface area contributed by atoms with Crippen molar-refractivity contribution in [3.8, 4) is 0 Å². The fourth-order valence-corrected chi connectivity index (χ4v) is 3.94. The minimum absolute atomic E-state index is 0.0650. The normalized spacial score (nSPS) is 19.6. The fraction of sp³-hybridized carbons (Fsp3) is 0.708. The Morgan fingerprint density at radius 3 is 2.55 bits per heavy atom. The molecule has 2 atom stereocenters. The molecule has 0 spiro atoms. The molecule has 0 aromatic carbocycles. The Morgan fingerprint density at radius 2 is 1.93 bits per heavy atom. The molecular weight excluding hydrogens is 368 g/mol. The molecule has 29 heavy (non-hydrogen) atoms. The van der Waals surface area contributed by atoms with E-state index >= 15 is 0 Å². The highest BCUT2D eigenvalue weighted by Crippen LogP contribution is 2.34. The first-order chi connectivity index (χ1) is 13.7. The number of carboxylic acids is 1. The van der Waals surface area contributed by atoms with E-state index in [-0.39, 0.29) is 24.0 Å². The average Bonchev–Trinajstić information content (AvgIpc) is 2.97. The number of hydrogen-bond acceptors (Lipinski definition) is 4. The topological polar surface area (TPSA) is 94.8 Å². The lowest BCUT2D eigenvalue weighted by molar-refractivity contribution is -0.202. The van der Waals surface area contributed by atoms with Crippen LogP contribution in [0.5, 0.6) is 0 Å². The van der Waals surface area contributed by atoms with Crippen LogP contribution in [0, 0.1) is 11.8 Å². The Labute approximate surface area is 175 Å². The van der Waals surface area contributed by atoms with Crippen molar-refractivity contribution >= 4 is 11.8 Å². The highest BCUT2D eigenvalue weighted by atomic mass is 16.5. The van der Waals surface area contributed by atoms with Gasteiger partial charge in [0.25, 0.3) is 5.79 Å². The number of aliphatic carboxylic acids is 1. The second kappa shape index (κ2) is 12.8. The second-order valence-electron chi connectivity index (χ2n) is 8.31. The molecule has 5 heteroatoms. The van der Waals surface area contributed by atoms with Crippen LogP contribution in [0.1, 0.15) is 91.4 Å². The lowest BCUT2D eigenvalue weighted by Crippen LogP contribution is -2.38. The van der Waals surface area contributed by atoms with Crippen LogP contribution in [0.3, 0.4) is 0 Å².